The van der Waals surface area contributed by atoms with Gasteiger partial charge in [0.2, 0.25) is 5.95 Å². The van der Waals surface area contributed by atoms with Crippen molar-refractivity contribution < 1.29 is 13.9 Å². The van der Waals surface area contributed by atoms with Gasteiger partial charge in [0.1, 0.15) is 5.69 Å². The van der Waals surface area contributed by atoms with Gasteiger partial charge in [-0.25, -0.2) is 4.98 Å². The summed E-state index contributed by atoms with van der Waals surface area (Å²) in [6.07, 6.45) is 3.00. The Balaban J connectivity index is 1.81. The van der Waals surface area contributed by atoms with Crippen LogP contribution in [0, 0.1) is 5.95 Å². The standard InChI is InChI=1S/C19H17FN4O2/c1-26-11-12-2-6-16(22-9-12)19(25)24-17-8-13(3-5-15(17)21)14-4-7-18(20)23-10-14/h2-10H,11,21H2,1H3,(H,24,25). The number of carbonyl (C=O) groups excluding carboxylic acids is 1. The second-order valence-corrected chi connectivity index (χ2v) is 5.61. The zero-order chi connectivity index (χ0) is 18.5. The molecular formula is C19H17FN4O2. The van der Waals surface area contributed by atoms with Crippen molar-refractivity contribution in [1.29, 1.82) is 0 Å². The Morgan fingerprint density at radius 2 is 1.92 bits per heavy atom. The van der Waals surface area contributed by atoms with Crippen LogP contribution in [0.15, 0.2) is 54.9 Å². The predicted octanol–water partition coefficient (Wildman–Crippen LogP) is 3.26. The van der Waals surface area contributed by atoms with E-state index in [4.69, 9.17) is 10.5 Å². The van der Waals surface area contributed by atoms with Gasteiger partial charge in [-0.2, -0.15) is 4.39 Å². The van der Waals surface area contributed by atoms with Crippen LogP contribution in [0.25, 0.3) is 11.1 Å². The first-order valence-corrected chi connectivity index (χ1v) is 7.83. The predicted molar refractivity (Wildman–Crippen MR) is 96.9 cm³/mol. The van der Waals surface area contributed by atoms with E-state index in [1.54, 1.807) is 49.7 Å². The first-order valence-electron chi connectivity index (χ1n) is 7.83. The molecule has 2 heterocycles. The van der Waals surface area contributed by atoms with Gasteiger partial charge in [-0.3, -0.25) is 9.78 Å². The van der Waals surface area contributed by atoms with Crippen LogP contribution in [0.4, 0.5) is 15.8 Å². The van der Waals surface area contributed by atoms with E-state index in [9.17, 15) is 9.18 Å². The molecule has 26 heavy (non-hydrogen) atoms. The largest absolute Gasteiger partial charge is 0.397 e. The molecule has 0 atom stereocenters. The van der Waals surface area contributed by atoms with E-state index in [2.05, 4.69) is 15.3 Å². The monoisotopic (exact) mass is 352 g/mol. The summed E-state index contributed by atoms with van der Waals surface area (Å²) in [5.41, 5.74) is 9.41. The Morgan fingerprint density at radius 3 is 2.58 bits per heavy atom. The van der Waals surface area contributed by atoms with E-state index in [0.29, 0.717) is 23.5 Å². The smallest absolute Gasteiger partial charge is 0.274 e. The number of amides is 1. The minimum absolute atomic E-state index is 0.262. The second-order valence-electron chi connectivity index (χ2n) is 5.61. The fourth-order valence-corrected chi connectivity index (χ4v) is 2.39. The maximum Gasteiger partial charge on any atom is 0.274 e. The number of nitrogens with zero attached hydrogens (tertiary/aromatic N) is 2. The molecule has 0 spiro atoms. The number of hydrogen-bond acceptors (Lipinski definition) is 5. The molecule has 0 saturated heterocycles. The highest BCUT2D eigenvalue weighted by Gasteiger charge is 2.11. The lowest BCUT2D eigenvalue weighted by Crippen LogP contribution is -2.15. The van der Waals surface area contributed by atoms with Crippen molar-refractivity contribution in [3.05, 3.63) is 72.1 Å². The third-order valence-electron chi connectivity index (χ3n) is 3.73. The average molecular weight is 352 g/mol. The highest BCUT2D eigenvalue weighted by atomic mass is 19.1. The molecule has 0 aliphatic carbocycles. The van der Waals surface area contributed by atoms with E-state index < -0.39 is 5.95 Å². The van der Waals surface area contributed by atoms with Crippen LogP contribution in [0.5, 0.6) is 0 Å². The van der Waals surface area contributed by atoms with Crippen LogP contribution >= 0.6 is 0 Å². The van der Waals surface area contributed by atoms with Gasteiger partial charge in [-0.05, 0) is 41.5 Å². The van der Waals surface area contributed by atoms with Gasteiger partial charge in [-0.1, -0.05) is 12.1 Å². The van der Waals surface area contributed by atoms with E-state index in [-0.39, 0.29) is 11.6 Å². The van der Waals surface area contributed by atoms with E-state index in [1.165, 1.54) is 12.3 Å². The molecule has 0 saturated carbocycles. The van der Waals surface area contributed by atoms with E-state index >= 15 is 0 Å². The molecular weight excluding hydrogens is 335 g/mol. The average Bonchev–Trinajstić information content (AvgIpc) is 2.65. The summed E-state index contributed by atoms with van der Waals surface area (Å²) in [6.45, 7) is 0.426. The van der Waals surface area contributed by atoms with Crippen molar-refractivity contribution in [2.24, 2.45) is 0 Å². The second kappa shape index (κ2) is 7.71. The van der Waals surface area contributed by atoms with Gasteiger partial charge in [0.25, 0.3) is 5.91 Å². The summed E-state index contributed by atoms with van der Waals surface area (Å²) in [7, 11) is 1.59. The molecule has 132 valence electrons. The van der Waals surface area contributed by atoms with Crippen LogP contribution < -0.4 is 11.1 Å². The quantitative estimate of drug-likeness (QED) is 0.543. The van der Waals surface area contributed by atoms with Gasteiger partial charge in [0.15, 0.2) is 0 Å². The van der Waals surface area contributed by atoms with Crippen LogP contribution in [0.2, 0.25) is 0 Å². The van der Waals surface area contributed by atoms with Crippen LogP contribution in [-0.4, -0.2) is 23.0 Å². The maximum absolute atomic E-state index is 13.0. The van der Waals surface area contributed by atoms with Crippen LogP contribution in [0.3, 0.4) is 0 Å². The van der Waals surface area contributed by atoms with E-state index in [1.807, 2.05) is 0 Å². The zero-order valence-corrected chi connectivity index (χ0v) is 14.1. The zero-order valence-electron chi connectivity index (χ0n) is 14.1. The number of methoxy groups -OCH3 is 1. The molecule has 0 aliphatic heterocycles. The number of nitrogens with two attached hydrogens (primary N) is 1. The number of pyridine rings is 2. The molecule has 6 nitrogen and oxygen atoms in total. The van der Waals surface area contributed by atoms with Crippen LogP contribution in [0.1, 0.15) is 16.1 Å². The highest BCUT2D eigenvalue weighted by molar-refractivity contribution is 6.04. The number of aromatic nitrogens is 2. The molecule has 3 rings (SSSR count). The number of anilines is 2. The molecule has 0 radical (unpaired) electrons. The summed E-state index contributed by atoms with van der Waals surface area (Å²) in [5.74, 6) is -0.934. The molecule has 2 aromatic heterocycles. The lowest BCUT2D eigenvalue weighted by molar-refractivity contribution is 0.102. The SMILES string of the molecule is COCc1ccc(C(=O)Nc2cc(-c3ccc(F)nc3)ccc2N)nc1. The van der Waals surface area contributed by atoms with Crippen LogP contribution in [-0.2, 0) is 11.3 Å². The number of nitrogens with one attached hydrogen (secondary N) is 1. The molecule has 3 N–H and O–H groups in total. The van der Waals surface area contributed by atoms with Crippen molar-refractivity contribution in [3.8, 4) is 11.1 Å². The number of carbonyl (C=O) groups is 1. The number of ether oxygens (including phenoxy) is 1. The Kier molecular flexibility index (Phi) is 5.19. The number of hydrogen-bond donors (Lipinski definition) is 2. The first kappa shape index (κ1) is 17.5. The fraction of sp³-hybridized carbons (Fsp3) is 0.105. The molecule has 0 aliphatic rings. The van der Waals surface area contributed by atoms with Crippen molar-refractivity contribution in [2.75, 3.05) is 18.2 Å². The van der Waals surface area contributed by atoms with Gasteiger partial charge in [0, 0.05) is 25.1 Å². The van der Waals surface area contributed by atoms with Crippen molar-refractivity contribution in [2.45, 2.75) is 6.61 Å². The van der Waals surface area contributed by atoms with E-state index in [0.717, 1.165) is 11.1 Å². The summed E-state index contributed by atoms with van der Waals surface area (Å²) in [5, 5.41) is 2.75. The Bertz CT molecular complexity index is 912. The number of benzene rings is 1. The Morgan fingerprint density at radius 1 is 1.12 bits per heavy atom. The topological polar surface area (TPSA) is 90.1 Å². The van der Waals surface area contributed by atoms with Gasteiger partial charge >= 0.3 is 0 Å². The summed E-state index contributed by atoms with van der Waals surface area (Å²) in [4.78, 5) is 20.2. The maximum atomic E-state index is 13.0. The Labute approximate surface area is 149 Å². The minimum atomic E-state index is -0.555. The third-order valence-corrected chi connectivity index (χ3v) is 3.73. The normalized spacial score (nSPS) is 10.5. The lowest BCUT2D eigenvalue weighted by atomic mass is 10.1. The first-order chi connectivity index (χ1) is 12.6. The summed E-state index contributed by atoms with van der Waals surface area (Å²) < 4.78 is 18.0. The van der Waals surface area contributed by atoms with Crippen molar-refractivity contribution in [3.63, 3.8) is 0 Å². The fourth-order valence-electron chi connectivity index (χ4n) is 2.39. The number of halogens is 1. The van der Waals surface area contributed by atoms with Crippen molar-refractivity contribution >= 4 is 17.3 Å². The Hall–Kier alpha value is -3.32. The molecule has 3 aromatic rings. The molecule has 0 bridgehead atoms. The third kappa shape index (κ3) is 4.01. The molecule has 0 unspecified atom stereocenters. The minimum Gasteiger partial charge on any atom is -0.397 e. The molecule has 1 aromatic carbocycles. The highest BCUT2D eigenvalue weighted by Crippen LogP contribution is 2.27. The van der Waals surface area contributed by atoms with Crippen molar-refractivity contribution in [1.82, 2.24) is 9.97 Å². The summed E-state index contributed by atoms with van der Waals surface area (Å²) >= 11 is 0. The van der Waals surface area contributed by atoms with Gasteiger partial charge < -0.3 is 15.8 Å². The number of nitrogen functional groups attached to an aromatic ring is 1. The molecule has 7 heteroatoms. The molecule has 0 fully saturated rings. The summed E-state index contributed by atoms with van der Waals surface area (Å²) in [6, 6.07) is 11.4. The molecule has 1 amide bonds. The lowest BCUT2D eigenvalue weighted by Gasteiger charge is -2.10. The number of rotatable bonds is 5. The van der Waals surface area contributed by atoms with Gasteiger partial charge in [0.05, 0.1) is 18.0 Å². The van der Waals surface area contributed by atoms with Gasteiger partial charge in [-0.15, -0.1) is 0 Å².